The fourth-order valence-corrected chi connectivity index (χ4v) is 3.74. The van der Waals surface area contributed by atoms with Crippen molar-refractivity contribution in [3.8, 4) is 23.2 Å². The van der Waals surface area contributed by atoms with E-state index in [9.17, 15) is 9.59 Å². The standard InChI is InChI=1S/C23H21N5O4/c1-14-5-2-6-15(11-14)32-13-21(29)25-20-12-18(19-9-4-10-31-19)27-28(20)23-24-17-8-3-7-16(17)22(30)26-23/h2,4-6,9-12H,3,7-8,13H2,1H3,(H,25,29)(H,24,26,30). The number of hydrogen-bond donors (Lipinski definition) is 2. The highest BCUT2D eigenvalue weighted by Crippen LogP contribution is 2.25. The number of anilines is 1. The quantitative estimate of drug-likeness (QED) is 0.485. The lowest BCUT2D eigenvalue weighted by atomic mass is 10.2. The maximum Gasteiger partial charge on any atom is 0.263 e. The molecule has 0 aliphatic heterocycles. The number of furan rings is 1. The molecule has 0 radical (unpaired) electrons. The average Bonchev–Trinajstić information content (AvgIpc) is 3.52. The fraction of sp³-hybridized carbons (Fsp3) is 0.217. The molecular weight excluding hydrogens is 410 g/mol. The third kappa shape index (κ3) is 3.92. The van der Waals surface area contributed by atoms with Crippen LogP contribution in [0.4, 0.5) is 5.82 Å². The van der Waals surface area contributed by atoms with Crippen molar-refractivity contribution in [3.63, 3.8) is 0 Å². The molecule has 0 spiro atoms. The van der Waals surface area contributed by atoms with Gasteiger partial charge in [-0.2, -0.15) is 9.78 Å². The van der Waals surface area contributed by atoms with Crippen LogP contribution >= 0.6 is 0 Å². The summed E-state index contributed by atoms with van der Waals surface area (Å²) in [5.74, 6) is 1.34. The van der Waals surface area contributed by atoms with E-state index < -0.39 is 0 Å². The Labute approximate surface area is 183 Å². The molecule has 5 rings (SSSR count). The van der Waals surface area contributed by atoms with Crippen LogP contribution in [0.15, 0.2) is 57.9 Å². The van der Waals surface area contributed by atoms with Gasteiger partial charge in [-0.05, 0) is 56.0 Å². The number of fused-ring (bicyclic) bond motifs is 1. The van der Waals surface area contributed by atoms with E-state index in [1.54, 1.807) is 24.3 Å². The third-order valence-electron chi connectivity index (χ3n) is 5.24. The Hall–Kier alpha value is -4.14. The van der Waals surface area contributed by atoms with E-state index in [2.05, 4.69) is 20.4 Å². The summed E-state index contributed by atoms with van der Waals surface area (Å²) in [5, 5.41) is 7.30. The van der Waals surface area contributed by atoms with Crippen LogP contribution in [0, 0.1) is 6.92 Å². The Morgan fingerprint density at radius 3 is 2.97 bits per heavy atom. The van der Waals surface area contributed by atoms with Gasteiger partial charge in [-0.3, -0.25) is 14.6 Å². The van der Waals surface area contributed by atoms with Crippen molar-refractivity contribution in [1.82, 2.24) is 19.7 Å². The number of rotatable bonds is 6. The van der Waals surface area contributed by atoms with Gasteiger partial charge < -0.3 is 14.5 Å². The SMILES string of the molecule is Cc1cccc(OCC(=O)Nc2cc(-c3ccco3)nn2-c2nc3c(c(=O)[nH]2)CCC3)c1. The zero-order valence-corrected chi connectivity index (χ0v) is 17.4. The van der Waals surface area contributed by atoms with E-state index in [1.165, 1.54) is 10.9 Å². The first kappa shape index (κ1) is 19.8. The zero-order valence-electron chi connectivity index (χ0n) is 17.4. The second-order valence-corrected chi connectivity index (χ2v) is 7.63. The number of carbonyl (C=O) groups excluding carboxylic acids is 1. The molecule has 9 heteroatoms. The van der Waals surface area contributed by atoms with Crippen LogP contribution in [0.25, 0.3) is 17.4 Å². The van der Waals surface area contributed by atoms with Gasteiger partial charge in [0.2, 0.25) is 5.95 Å². The summed E-state index contributed by atoms with van der Waals surface area (Å²) < 4.78 is 12.4. The lowest BCUT2D eigenvalue weighted by Gasteiger charge is -2.10. The van der Waals surface area contributed by atoms with E-state index in [4.69, 9.17) is 9.15 Å². The first-order valence-corrected chi connectivity index (χ1v) is 10.3. The van der Waals surface area contributed by atoms with E-state index in [1.807, 2.05) is 25.1 Å². The van der Waals surface area contributed by atoms with Crippen molar-refractivity contribution in [3.05, 3.63) is 75.9 Å². The maximum atomic E-state index is 12.6. The van der Waals surface area contributed by atoms with Gasteiger partial charge in [-0.15, -0.1) is 0 Å². The number of aromatic amines is 1. The Morgan fingerprint density at radius 1 is 1.25 bits per heavy atom. The minimum absolute atomic E-state index is 0.182. The first-order chi connectivity index (χ1) is 15.6. The molecule has 3 heterocycles. The van der Waals surface area contributed by atoms with E-state index in [0.717, 1.165) is 24.1 Å². The van der Waals surface area contributed by atoms with Gasteiger partial charge in [0.15, 0.2) is 12.4 Å². The van der Waals surface area contributed by atoms with Crippen molar-refractivity contribution >= 4 is 11.7 Å². The molecule has 0 saturated carbocycles. The third-order valence-corrected chi connectivity index (χ3v) is 5.24. The summed E-state index contributed by atoms with van der Waals surface area (Å²) >= 11 is 0. The van der Waals surface area contributed by atoms with Crippen molar-refractivity contribution in [2.75, 3.05) is 11.9 Å². The molecule has 0 atom stereocenters. The zero-order chi connectivity index (χ0) is 22.1. The Morgan fingerprint density at radius 2 is 2.16 bits per heavy atom. The molecule has 4 aromatic rings. The molecular formula is C23H21N5O4. The number of carbonyl (C=O) groups is 1. The topological polar surface area (TPSA) is 115 Å². The summed E-state index contributed by atoms with van der Waals surface area (Å²) in [7, 11) is 0. The number of aromatic nitrogens is 4. The van der Waals surface area contributed by atoms with Crippen molar-refractivity contribution in [2.45, 2.75) is 26.2 Å². The smallest absolute Gasteiger partial charge is 0.263 e. The van der Waals surface area contributed by atoms with Gasteiger partial charge >= 0.3 is 0 Å². The van der Waals surface area contributed by atoms with Crippen LogP contribution in [-0.4, -0.2) is 32.3 Å². The summed E-state index contributed by atoms with van der Waals surface area (Å²) in [5.41, 5.74) is 2.82. The molecule has 1 aromatic carbocycles. The molecule has 32 heavy (non-hydrogen) atoms. The largest absolute Gasteiger partial charge is 0.484 e. The molecule has 0 unspecified atom stereocenters. The number of benzene rings is 1. The van der Waals surface area contributed by atoms with Crippen molar-refractivity contribution in [2.24, 2.45) is 0 Å². The molecule has 1 amide bonds. The minimum Gasteiger partial charge on any atom is -0.484 e. The van der Waals surface area contributed by atoms with Crippen molar-refractivity contribution in [1.29, 1.82) is 0 Å². The van der Waals surface area contributed by atoms with Crippen LogP contribution in [0.5, 0.6) is 5.75 Å². The highest BCUT2D eigenvalue weighted by molar-refractivity contribution is 5.91. The summed E-state index contributed by atoms with van der Waals surface area (Å²) in [4.78, 5) is 32.5. The van der Waals surface area contributed by atoms with Crippen LogP contribution in [-0.2, 0) is 17.6 Å². The summed E-state index contributed by atoms with van der Waals surface area (Å²) in [6.45, 7) is 1.77. The van der Waals surface area contributed by atoms with Gasteiger partial charge in [0.1, 0.15) is 17.3 Å². The molecule has 0 fully saturated rings. The van der Waals surface area contributed by atoms with E-state index >= 15 is 0 Å². The second-order valence-electron chi connectivity index (χ2n) is 7.63. The van der Waals surface area contributed by atoms with Gasteiger partial charge in [0.25, 0.3) is 11.5 Å². The highest BCUT2D eigenvalue weighted by Gasteiger charge is 2.21. The van der Waals surface area contributed by atoms with Crippen LogP contribution in [0.1, 0.15) is 23.2 Å². The summed E-state index contributed by atoms with van der Waals surface area (Å²) in [6, 6.07) is 12.6. The Bertz CT molecular complexity index is 1340. The van der Waals surface area contributed by atoms with E-state index in [0.29, 0.717) is 35.0 Å². The second kappa shape index (κ2) is 8.18. The van der Waals surface area contributed by atoms with Crippen LogP contribution in [0.2, 0.25) is 0 Å². The predicted octanol–water partition coefficient (Wildman–Crippen LogP) is 3.03. The fourth-order valence-electron chi connectivity index (χ4n) is 3.74. The molecule has 162 valence electrons. The number of nitrogens with one attached hydrogen (secondary N) is 2. The molecule has 9 nitrogen and oxygen atoms in total. The van der Waals surface area contributed by atoms with Crippen molar-refractivity contribution < 1.29 is 13.9 Å². The molecule has 1 aliphatic rings. The Balaban J connectivity index is 1.44. The summed E-state index contributed by atoms with van der Waals surface area (Å²) in [6.07, 6.45) is 3.89. The Kier molecular flexibility index (Phi) is 5.06. The number of aryl methyl sites for hydroxylation is 2. The normalized spacial score (nSPS) is 12.5. The van der Waals surface area contributed by atoms with Crippen LogP contribution in [0.3, 0.4) is 0 Å². The van der Waals surface area contributed by atoms with Gasteiger partial charge in [-0.1, -0.05) is 12.1 Å². The predicted molar refractivity (Wildman–Crippen MR) is 117 cm³/mol. The minimum atomic E-state index is -0.373. The van der Waals surface area contributed by atoms with Crippen LogP contribution < -0.4 is 15.6 Å². The molecule has 0 saturated heterocycles. The number of H-pyrrole nitrogens is 1. The van der Waals surface area contributed by atoms with Gasteiger partial charge in [-0.25, -0.2) is 4.98 Å². The monoisotopic (exact) mass is 431 g/mol. The lowest BCUT2D eigenvalue weighted by molar-refractivity contribution is -0.118. The highest BCUT2D eigenvalue weighted by atomic mass is 16.5. The van der Waals surface area contributed by atoms with Gasteiger partial charge in [0, 0.05) is 11.6 Å². The number of hydrogen-bond acceptors (Lipinski definition) is 6. The first-order valence-electron chi connectivity index (χ1n) is 10.3. The average molecular weight is 431 g/mol. The lowest BCUT2D eigenvalue weighted by Crippen LogP contribution is -2.24. The molecule has 0 bridgehead atoms. The maximum absolute atomic E-state index is 12.6. The van der Waals surface area contributed by atoms with E-state index in [-0.39, 0.29) is 24.0 Å². The number of ether oxygens (including phenoxy) is 1. The molecule has 3 aromatic heterocycles. The number of nitrogens with zero attached hydrogens (tertiary/aromatic N) is 3. The molecule has 2 N–H and O–H groups in total. The molecule has 1 aliphatic carbocycles. The number of amides is 1. The van der Waals surface area contributed by atoms with Gasteiger partial charge in [0.05, 0.1) is 12.0 Å².